The van der Waals surface area contributed by atoms with Crippen molar-refractivity contribution in [1.82, 2.24) is 10.3 Å². The fourth-order valence-corrected chi connectivity index (χ4v) is 2.57. The van der Waals surface area contributed by atoms with E-state index in [1.54, 1.807) is 11.8 Å². The van der Waals surface area contributed by atoms with Crippen LogP contribution in [0.2, 0.25) is 0 Å². The summed E-state index contributed by atoms with van der Waals surface area (Å²) in [7, 11) is 0. The Hall–Kier alpha value is -1.84. The standard InChI is InChI=1S/C18H27N3O/c1-18(2,3)21-17(22)16-13-15(10-12-20-16)19-11-9-14-7-5-4-6-8-14/h7,10,12-13H,4-6,8-9,11H2,1-3H3,(H,19,20)(H,21,22). The number of pyridine rings is 1. The van der Waals surface area contributed by atoms with E-state index >= 15 is 0 Å². The molecular formula is C18H27N3O. The van der Waals surface area contributed by atoms with E-state index in [1.165, 1.54) is 25.7 Å². The Balaban J connectivity index is 1.88. The number of hydrogen-bond acceptors (Lipinski definition) is 3. The molecule has 4 nitrogen and oxygen atoms in total. The van der Waals surface area contributed by atoms with Crippen molar-refractivity contribution in [1.29, 1.82) is 0 Å². The van der Waals surface area contributed by atoms with Gasteiger partial charge in [0.05, 0.1) is 0 Å². The summed E-state index contributed by atoms with van der Waals surface area (Å²) in [5, 5.41) is 6.32. The predicted octanol–water partition coefficient (Wildman–Crippen LogP) is 3.91. The van der Waals surface area contributed by atoms with Gasteiger partial charge in [-0.25, -0.2) is 0 Å². The summed E-state index contributed by atoms with van der Waals surface area (Å²) in [5.41, 5.74) is 2.70. The number of nitrogens with zero attached hydrogens (tertiary/aromatic N) is 1. The van der Waals surface area contributed by atoms with E-state index in [1.807, 2.05) is 32.9 Å². The van der Waals surface area contributed by atoms with E-state index in [2.05, 4.69) is 21.7 Å². The number of rotatable bonds is 5. The average Bonchev–Trinajstić information content (AvgIpc) is 2.47. The Morgan fingerprint density at radius 2 is 2.14 bits per heavy atom. The summed E-state index contributed by atoms with van der Waals surface area (Å²) in [6, 6.07) is 3.72. The zero-order valence-electron chi connectivity index (χ0n) is 13.9. The van der Waals surface area contributed by atoms with E-state index in [0.717, 1.165) is 18.7 Å². The molecule has 0 aromatic carbocycles. The molecule has 0 aliphatic heterocycles. The Labute approximate surface area is 133 Å². The van der Waals surface area contributed by atoms with Gasteiger partial charge in [0.15, 0.2) is 0 Å². The molecule has 0 saturated carbocycles. The molecule has 1 aromatic rings. The Bertz CT molecular complexity index is 544. The number of aromatic nitrogens is 1. The van der Waals surface area contributed by atoms with Crippen LogP contribution in [0, 0.1) is 0 Å². The van der Waals surface area contributed by atoms with E-state index in [-0.39, 0.29) is 11.4 Å². The molecular weight excluding hydrogens is 274 g/mol. The Morgan fingerprint density at radius 3 is 2.82 bits per heavy atom. The first kappa shape index (κ1) is 16.5. The molecule has 1 aromatic heterocycles. The first-order valence-corrected chi connectivity index (χ1v) is 8.14. The molecule has 2 rings (SSSR count). The van der Waals surface area contributed by atoms with Crippen molar-refractivity contribution >= 4 is 11.6 Å². The minimum Gasteiger partial charge on any atom is -0.385 e. The zero-order chi connectivity index (χ0) is 16.0. The number of hydrogen-bond donors (Lipinski definition) is 2. The van der Waals surface area contributed by atoms with Crippen molar-refractivity contribution in [3.05, 3.63) is 35.7 Å². The summed E-state index contributed by atoms with van der Waals surface area (Å²) >= 11 is 0. The first-order valence-electron chi connectivity index (χ1n) is 8.14. The number of amides is 1. The molecule has 1 heterocycles. The van der Waals surface area contributed by atoms with Crippen molar-refractivity contribution in [2.75, 3.05) is 11.9 Å². The minimum atomic E-state index is -0.254. The molecule has 0 fully saturated rings. The summed E-state index contributed by atoms with van der Waals surface area (Å²) in [5.74, 6) is -0.133. The number of anilines is 1. The van der Waals surface area contributed by atoms with Crippen LogP contribution in [-0.4, -0.2) is 23.0 Å². The van der Waals surface area contributed by atoms with Gasteiger partial charge in [-0.3, -0.25) is 9.78 Å². The highest BCUT2D eigenvalue weighted by Crippen LogP contribution is 2.20. The summed E-state index contributed by atoms with van der Waals surface area (Å²) in [6.45, 7) is 6.79. The van der Waals surface area contributed by atoms with Gasteiger partial charge in [-0.15, -0.1) is 0 Å². The molecule has 0 atom stereocenters. The van der Waals surface area contributed by atoms with Gasteiger partial charge in [0.1, 0.15) is 5.69 Å². The molecule has 2 N–H and O–H groups in total. The lowest BCUT2D eigenvalue weighted by Crippen LogP contribution is -2.40. The lowest BCUT2D eigenvalue weighted by molar-refractivity contribution is 0.0914. The van der Waals surface area contributed by atoms with E-state index in [0.29, 0.717) is 5.69 Å². The average molecular weight is 301 g/mol. The van der Waals surface area contributed by atoms with Crippen LogP contribution in [0.3, 0.4) is 0 Å². The summed E-state index contributed by atoms with van der Waals surface area (Å²) in [4.78, 5) is 16.3. The lowest BCUT2D eigenvalue weighted by atomic mass is 9.97. The third kappa shape index (κ3) is 5.51. The van der Waals surface area contributed by atoms with E-state index in [4.69, 9.17) is 0 Å². The second-order valence-electron chi connectivity index (χ2n) is 6.92. The third-order valence-corrected chi connectivity index (χ3v) is 3.64. The molecule has 22 heavy (non-hydrogen) atoms. The van der Waals surface area contributed by atoms with Gasteiger partial charge in [0, 0.05) is 24.0 Å². The quantitative estimate of drug-likeness (QED) is 0.811. The topological polar surface area (TPSA) is 54.0 Å². The van der Waals surface area contributed by atoms with E-state index < -0.39 is 0 Å². The van der Waals surface area contributed by atoms with Crippen molar-refractivity contribution in [3.63, 3.8) is 0 Å². The van der Waals surface area contributed by atoms with Gasteiger partial charge in [-0.1, -0.05) is 11.6 Å². The third-order valence-electron chi connectivity index (χ3n) is 3.64. The molecule has 1 aliphatic rings. The number of nitrogens with one attached hydrogen (secondary N) is 2. The molecule has 0 radical (unpaired) electrons. The normalized spacial score (nSPS) is 15.1. The maximum atomic E-state index is 12.1. The number of carbonyl (C=O) groups is 1. The largest absolute Gasteiger partial charge is 0.385 e. The smallest absolute Gasteiger partial charge is 0.270 e. The van der Waals surface area contributed by atoms with Crippen LogP contribution >= 0.6 is 0 Å². The van der Waals surface area contributed by atoms with Gasteiger partial charge in [-0.2, -0.15) is 0 Å². The highest BCUT2D eigenvalue weighted by Gasteiger charge is 2.16. The first-order chi connectivity index (χ1) is 10.4. The number of carbonyl (C=O) groups excluding carboxylic acids is 1. The second-order valence-corrected chi connectivity index (χ2v) is 6.92. The second kappa shape index (κ2) is 7.43. The zero-order valence-corrected chi connectivity index (χ0v) is 13.9. The molecule has 1 aliphatic carbocycles. The molecule has 0 saturated heterocycles. The molecule has 0 bridgehead atoms. The molecule has 120 valence electrons. The van der Waals surface area contributed by atoms with Crippen LogP contribution < -0.4 is 10.6 Å². The van der Waals surface area contributed by atoms with Crippen LogP contribution in [-0.2, 0) is 0 Å². The fraction of sp³-hybridized carbons (Fsp3) is 0.556. The molecule has 1 amide bonds. The van der Waals surface area contributed by atoms with Crippen molar-refractivity contribution < 1.29 is 4.79 Å². The Kier molecular flexibility index (Phi) is 5.58. The van der Waals surface area contributed by atoms with Gasteiger partial charge >= 0.3 is 0 Å². The summed E-state index contributed by atoms with van der Waals surface area (Å²) in [6.07, 6.45) is 10.2. The van der Waals surface area contributed by atoms with Crippen molar-refractivity contribution in [2.24, 2.45) is 0 Å². The van der Waals surface area contributed by atoms with Gasteiger partial charge in [0.25, 0.3) is 5.91 Å². The van der Waals surface area contributed by atoms with Gasteiger partial charge < -0.3 is 10.6 Å². The van der Waals surface area contributed by atoms with Gasteiger partial charge in [0.2, 0.25) is 0 Å². The van der Waals surface area contributed by atoms with Crippen molar-refractivity contribution in [2.45, 2.75) is 58.4 Å². The molecule has 0 unspecified atom stereocenters. The minimum absolute atomic E-state index is 0.133. The van der Waals surface area contributed by atoms with Crippen LogP contribution in [0.1, 0.15) is 63.4 Å². The van der Waals surface area contributed by atoms with Crippen LogP contribution in [0.25, 0.3) is 0 Å². The molecule has 4 heteroatoms. The maximum absolute atomic E-state index is 12.1. The van der Waals surface area contributed by atoms with Crippen molar-refractivity contribution in [3.8, 4) is 0 Å². The van der Waals surface area contributed by atoms with Crippen LogP contribution in [0.5, 0.6) is 0 Å². The number of allylic oxidation sites excluding steroid dienone is 1. The molecule has 0 spiro atoms. The monoisotopic (exact) mass is 301 g/mol. The SMILES string of the molecule is CC(C)(C)NC(=O)c1cc(NCCC2=CCCCC2)ccn1. The van der Waals surface area contributed by atoms with Crippen LogP contribution in [0.4, 0.5) is 5.69 Å². The predicted molar refractivity (Wildman–Crippen MR) is 91.1 cm³/mol. The lowest BCUT2D eigenvalue weighted by Gasteiger charge is -2.20. The highest BCUT2D eigenvalue weighted by molar-refractivity contribution is 5.93. The maximum Gasteiger partial charge on any atom is 0.270 e. The van der Waals surface area contributed by atoms with E-state index in [9.17, 15) is 4.79 Å². The highest BCUT2D eigenvalue weighted by atomic mass is 16.2. The van der Waals surface area contributed by atoms with Gasteiger partial charge in [-0.05, 0) is 65.0 Å². The fourth-order valence-electron chi connectivity index (χ4n) is 2.57. The summed E-state index contributed by atoms with van der Waals surface area (Å²) < 4.78 is 0. The Morgan fingerprint density at radius 1 is 1.32 bits per heavy atom. The van der Waals surface area contributed by atoms with Crippen LogP contribution in [0.15, 0.2) is 30.0 Å².